The molecule has 0 aromatic heterocycles. The fraction of sp³-hybridized carbons (Fsp3) is 0.200. The van der Waals surface area contributed by atoms with E-state index in [2.05, 4.69) is 5.92 Å². The molecule has 114 valence electrons. The van der Waals surface area contributed by atoms with Crippen LogP contribution >= 0.6 is 23.4 Å². The summed E-state index contributed by atoms with van der Waals surface area (Å²) >= 11 is 6.99. The quantitative estimate of drug-likeness (QED) is 0.624. The first kappa shape index (κ1) is 16.3. The minimum Gasteiger partial charge on any atom is -0.493 e. The van der Waals surface area contributed by atoms with Crippen LogP contribution in [0.2, 0.25) is 5.02 Å². The Hall–Kier alpha value is -2.10. The lowest BCUT2D eigenvalue weighted by molar-refractivity contribution is -0.122. The van der Waals surface area contributed by atoms with E-state index in [1.54, 1.807) is 12.1 Å². The Morgan fingerprint density at radius 2 is 1.95 bits per heavy atom. The molecule has 1 heterocycles. The number of hydrogen-bond acceptors (Lipinski definition) is 5. The van der Waals surface area contributed by atoms with Crippen molar-refractivity contribution in [3.05, 3.63) is 27.6 Å². The molecule has 0 aliphatic carbocycles. The van der Waals surface area contributed by atoms with Gasteiger partial charge in [0.25, 0.3) is 11.1 Å². The van der Waals surface area contributed by atoms with Crippen LogP contribution in [0, 0.1) is 12.3 Å². The van der Waals surface area contributed by atoms with Gasteiger partial charge in [0, 0.05) is 6.07 Å². The van der Waals surface area contributed by atoms with Crippen molar-refractivity contribution in [2.75, 3.05) is 20.8 Å². The van der Waals surface area contributed by atoms with Gasteiger partial charge in [0.15, 0.2) is 11.5 Å². The monoisotopic (exact) mass is 337 g/mol. The molecule has 0 unspecified atom stereocenters. The Kier molecular flexibility index (Phi) is 5.01. The fourth-order valence-electron chi connectivity index (χ4n) is 1.85. The van der Waals surface area contributed by atoms with Gasteiger partial charge in [-0.2, -0.15) is 0 Å². The largest absolute Gasteiger partial charge is 0.493 e. The van der Waals surface area contributed by atoms with Gasteiger partial charge < -0.3 is 9.47 Å². The highest BCUT2D eigenvalue weighted by Crippen LogP contribution is 2.37. The highest BCUT2D eigenvalue weighted by atomic mass is 35.5. The number of hydrogen-bond donors (Lipinski definition) is 0. The number of benzene rings is 1. The molecule has 0 bridgehead atoms. The maximum Gasteiger partial charge on any atom is 0.294 e. The van der Waals surface area contributed by atoms with Crippen LogP contribution in [0.3, 0.4) is 0 Å². The average molecular weight is 338 g/mol. The summed E-state index contributed by atoms with van der Waals surface area (Å²) in [4.78, 5) is 25.1. The summed E-state index contributed by atoms with van der Waals surface area (Å²) in [5.74, 6) is 2.80. The molecule has 0 N–H and O–H groups in total. The SMILES string of the molecule is C#CCN1C(=O)S/C(=C/c2cc(OC)c(OC)cc2Cl)C1=O. The predicted molar refractivity (Wildman–Crippen MR) is 86.1 cm³/mol. The number of ether oxygens (including phenoxy) is 2. The van der Waals surface area contributed by atoms with Crippen LogP contribution in [0.15, 0.2) is 17.0 Å². The Balaban J connectivity index is 2.40. The normalized spacial score (nSPS) is 16.1. The zero-order valence-electron chi connectivity index (χ0n) is 11.9. The van der Waals surface area contributed by atoms with Gasteiger partial charge in [-0.3, -0.25) is 14.5 Å². The molecule has 7 heteroatoms. The van der Waals surface area contributed by atoms with Crippen LogP contribution < -0.4 is 9.47 Å². The third-order valence-corrected chi connectivity index (χ3v) is 4.15. The first-order valence-electron chi connectivity index (χ1n) is 6.12. The molecule has 2 rings (SSSR count). The Morgan fingerprint density at radius 3 is 2.55 bits per heavy atom. The minimum absolute atomic E-state index is 0.0539. The van der Waals surface area contributed by atoms with Crippen LogP contribution in [-0.2, 0) is 4.79 Å². The second-order valence-corrected chi connectivity index (χ2v) is 5.60. The maximum absolute atomic E-state index is 12.1. The van der Waals surface area contributed by atoms with Crippen molar-refractivity contribution in [1.29, 1.82) is 0 Å². The van der Waals surface area contributed by atoms with E-state index < -0.39 is 11.1 Å². The molecule has 0 spiro atoms. The Bertz CT molecular complexity index is 708. The van der Waals surface area contributed by atoms with E-state index in [0.29, 0.717) is 22.1 Å². The number of carbonyl (C=O) groups is 2. The van der Waals surface area contributed by atoms with E-state index in [1.807, 2.05) is 0 Å². The number of imide groups is 1. The molecule has 1 fully saturated rings. The van der Waals surface area contributed by atoms with Gasteiger partial charge in [-0.15, -0.1) is 6.42 Å². The van der Waals surface area contributed by atoms with Gasteiger partial charge in [-0.05, 0) is 29.5 Å². The van der Waals surface area contributed by atoms with Crippen molar-refractivity contribution in [3.8, 4) is 23.8 Å². The summed E-state index contributed by atoms with van der Waals surface area (Å²) in [6, 6.07) is 3.22. The summed E-state index contributed by atoms with van der Waals surface area (Å²) in [6.45, 7) is -0.0539. The van der Waals surface area contributed by atoms with Crippen molar-refractivity contribution in [1.82, 2.24) is 4.90 Å². The van der Waals surface area contributed by atoms with Gasteiger partial charge in [-0.25, -0.2) is 0 Å². The Morgan fingerprint density at radius 1 is 1.32 bits per heavy atom. The molecule has 1 aliphatic heterocycles. The highest BCUT2D eigenvalue weighted by Gasteiger charge is 2.34. The number of carbonyl (C=O) groups excluding carboxylic acids is 2. The van der Waals surface area contributed by atoms with Crippen molar-refractivity contribution in [3.63, 3.8) is 0 Å². The van der Waals surface area contributed by atoms with Crippen LogP contribution in [0.4, 0.5) is 4.79 Å². The maximum atomic E-state index is 12.1. The molecule has 1 aliphatic rings. The van der Waals surface area contributed by atoms with Crippen molar-refractivity contribution >= 4 is 40.6 Å². The molecule has 2 amide bonds. The number of methoxy groups -OCH3 is 2. The summed E-state index contributed by atoms with van der Waals surface area (Å²) in [5.41, 5.74) is 0.547. The molecule has 5 nitrogen and oxygen atoms in total. The molecule has 0 saturated carbocycles. The lowest BCUT2D eigenvalue weighted by atomic mass is 10.1. The van der Waals surface area contributed by atoms with E-state index >= 15 is 0 Å². The van der Waals surface area contributed by atoms with Gasteiger partial charge in [0.1, 0.15) is 0 Å². The summed E-state index contributed by atoms with van der Waals surface area (Å²) in [5, 5.41) is -0.0211. The zero-order valence-corrected chi connectivity index (χ0v) is 13.5. The summed E-state index contributed by atoms with van der Waals surface area (Å²) in [7, 11) is 3.00. The lowest BCUT2D eigenvalue weighted by Gasteiger charge is -2.10. The molecule has 22 heavy (non-hydrogen) atoms. The van der Waals surface area contributed by atoms with Crippen molar-refractivity contribution in [2.24, 2.45) is 0 Å². The first-order valence-corrected chi connectivity index (χ1v) is 7.31. The number of thioether (sulfide) groups is 1. The fourth-order valence-corrected chi connectivity index (χ4v) is 2.89. The number of terminal acetylenes is 1. The van der Waals surface area contributed by atoms with E-state index in [4.69, 9.17) is 27.5 Å². The molecule has 0 radical (unpaired) electrons. The third-order valence-electron chi connectivity index (χ3n) is 2.91. The van der Waals surface area contributed by atoms with Gasteiger partial charge in [-0.1, -0.05) is 17.5 Å². The number of halogens is 1. The second kappa shape index (κ2) is 6.77. The van der Waals surface area contributed by atoms with Crippen LogP contribution in [0.25, 0.3) is 6.08 Å². The van der Waals surface area contributed by atoms with E-state index in [9.17, 15) is 9.59 Å². The number of nitrogens with zero attached hydrogens (tertiary/aromatic N) is 1. The van der Waals surface area contributed by atoms with Crippen molar-refractivity contribution < 1.29 is 19.1 Å². The first-order chi connectivity index (χ1) is 10.5. The number of rotatable bonds is 4. The molecule has 1 aromatic carbocycles. The smallest absolute Gasteiger partial charge is 0.294 e. The molecular formula is C15H12ClNO4S. The zero-order chi connectivity index (χ0) is 16.3. The molecule has 1 saturated heterocycles. The van der Waals surface area contributed by atoms with Crippen LogP contribution in [0.1, 0.15) is 5.56 Å². The number of amides is 2. The lowest BCUT2D eigenvalue weighted by Crippen LogP contribution is -2.28. The molecular weight excluding hydrogens is 326 g/mol. The minimum atomic E-state index is -0.432. The van der Waals surface area contributed by atoms with E-state index in [0.717, 1.165) is 16.7 Å². The third kappa shape index (κ3) is 3.06. The second-order valence-electron chi connectivity index (χ2n) is 4.20. The van der Waals surface area contributed by atoms with Crippen molar-refractivity contribution in [2.45, 2.75) is 0 Å². The van der Waals surface area contributed by atoms with Gasteiger partial charge in [0.05, 0.1) is 30.7 Å². The topological polar surface area (TPSA) is 55.8 Å². The summed E-state index contributed by atoms with van der Waals surface area (Å²) < 4.78 is 10.3. The van der Waals surface area contributed by atoms with E-state index in [-0.39, 0.29) is 11.4 Å². The summed E-state index contributed by atoms with van der Waals surface area (Å²) in [6.07, 6.45) is 6.68. The van der Waals surface area contributed by atoms with Gasteiger partial charge >= 0.3 is 0 Å². The van der Waals surface area contributed by atoms with Gasteiger partial charge in [0.2, 0.25) is 0 Å². The Labute approximate surface area is 137 Å². The van der Waals surface area contributed by atoms with E-state index in [1.165, 1.54) is 20.3 Å². The van der Waals surface area contributed by atoms with Crippen LogP contribution in [0.5, 0.6) is 11.5 Å². The average Bonchev–Trinajstić information content (AvgIpc) is 2.76. The standard InChI is InChI=1S/C15H12ClNO4S/c1-4-5-17-14(18)13(22-15(17)19)7-9-6-11(20-2)12(21-3)8-10(9)16/h1,6-8H,5H2,2-3H3/b13-7+. The molecule has 0 atom stereocenters. The van der Waals surface area contributed by atoms with Crippen LogP contribution in [-0.4, -0.2) is 36.8 Å². The molecule has 1 aromatic rings. The highest BCUT2D eigenvalue weighted by molar-refractivity contribution is 8.18. The predicted octanol–water partition coefficient (Wildman–Crippen LogP) is 3.03.